The predicted octanol–water partition coefficient (Wildman–Crippen LogP) is 1.98. The summed E-state index contributed by atoms with van der Waals surface area (Å²) >= 11 is 1.50. The molecule has 2 aromatic rings. The number of nitrogens with two attached hydrogens (primary N) is 1. The summed E-state index contributed by atoms with van der Waals surface area (Å²) in [5, 5.41) is 0.777. The number of carbonyl (C=O) groups is 1. The van der Waals surface area contributed by atoms with Crippen LogP contribution in [0.5, 0.6) is 0 Å². The first kappa shape index (κ1) is 16.1. The van der Waals surface area contributed by atoms with E-state index in [1.165, 1.54) is 35.6 Å². The van der Waals surface area contributed by atoms with Crippen LogP contribution in [0.15, 0.2) is 35.4 Å². The summed E-state index contributed by atoms with van der Waals surface area (Å²) in [6.07, 6.45) is 3.71. The first-order valence-electron chi connectivity index (χ1n) is 7.21. The van der Waals surface area contributed by atoms with E-state index in [9.17, 15) is 13.2 Å². The van der Waals surface area contributed by atoms with Crippen LogP contribution in [0.1, 0.15) is 39.1 Å². The zero-order valence-electron chi connectivity index (χ0n) is 12.5. The molecule has 1 aromatic carbocycles. The molecule has 1 fully saturated rings. The van der Waals surface area contributed by atoms with Crippen molar-refractivity contribution >= 4 is 27.3 Å². The van der Waals surface area contributed by atoms with E-state index in [4.69, 9.17) is 5.73 Å². The fraction of sp³-hybridized carbons (Fsp3) is 0.333. The number of primary amides is 1. The van der Waals surface area contributed by atoms with Gasteiger partial charge in [0.05, 0.1) is 10.9 Å². The molecule has 1 aromatic heterocycles. The van der Waals surface area contributed by atoms with Crippen LogP contribution in [0.2, 0.25) is 0 Å². The Balaban J connectivity index is 1.90. The van der Waals surface area contributed by atoms with Gasteiger partial charge in [-0.1, -0.05) is 6.07 Å². The van der Waals surface area contributed by atoms with E-state index in [1.54, 1.807) is 6.20 Å². The summed E-state index contributed by atoms with van der Waals surface area (Å²) in [6, 6.07) is 5.42. The number of hydrogen-bond acceptors (Lipinski definition) is 5. The first-order chi connectivity index (χ1) is 10.9. The monoisotopic (exact) mass is 351 g/mol. The third kappa shape index (κ3) is 3.60. The number of hydrogen-bond donors (Lipinski definition) is 2. The number of thiazole rings is 1. The number of nitrogens with zero attached hydrogens (tertiary/aromatic N) is 1. The Morgan fingerprint density at radius 2 is 2.17 bits per heavy atom. The Hall–Kier alpha value is -1.77. The van der Waals surface area contributed by atoms with Crippen molar-refractivity contribution in [1.82, 2.24) is 9.71 Å². The van der Waals surface area contributed by atoms with Gasteiger partial charge in [-0.2, -0.15) is 0 Å². The lowest BCUT2D eigenvalue weighted by atomic mass is 10.2. The molecular formula is C15H17N3O3S2. The normalized spacial score (nSPS) is 16.2. The minimum Gasteiger partial charge on any atom is -0.366 e. The van der Waals surface area contributed by atoms with Gasteiger partial charge in [0.2, 0.25) is 15.9 Å². The second kappa shape index (κ2) is 6.03. The molecule has 1 atom stereocenters. The SMILES string of the molecule is Cc1cnc([C@H](NS(=O)(=O)c2cccc(C(N)=O)c2)C2CC2)s1. The molecule has 122 valence electrons. The van der Waals surface area contributed by atoms with E-state index < -0.39 is 15.9 Å². The largest absolute Gasteiger partial charge is 0.366 e. The average Bonchev–Trinajstić information content (AvgIpc) is 3.26. The van der Waals surface area contributed by atoms with Crippen molar-refractivity contribution < 1.29 is 13.2 Å². The molecule has 0 aliphatic heterocycles. The van der Waals surface area contributed by atoms with Crippen LogP contribution in [0, 0.1) is 12.8 Å². The van der Waals surface area contributed by atoms with Gasteiger partial charge in [-0.25, -0.2) is 18.1 Å². The van der Waals surface area contributed by atoms with Crippen LogP contribution in [0.4, 0.5) is 0 Å². The van der Waals surface area contributed by atoms with Crippen LogP contribution < -0.4 is 10.5 Å². The molecule has 1 amide bonds. The zero-order valence-corrected chi connectivity index (χ0v) is 14.2. The number of benzene rings is 1. The topological polar surface area (TPSA) is 102 Å². The minimum atomic E-state index is -3.75. The van der Waals surface area contributed by atoms with Crippen molar-refractivity contribution in [2.45, 2.75) is 30.7 Å². The van der Waals surface area contributed by atoms with Gasteiger partial charge in [0.15, 0.2) is 0 Å². The maximum Gasteiger partial charge on any atom is 0.248 e. The summed E-state index contributed by atoms with van der Waals surface area (Å²) < 4.78 is 28.0. The summed E-state index contributed by atoms with van der Waals surface area (Å²) in [4.78, 5) is 16.6. The van der Waals surface area contributed by atoms with E-state index in [-0.39, 0.29) is 22.4 Å². The predicted molar refractivity (Wildman–Crippen MR) is 87.6 cm³/mol. The van der Waals surface area contributed by atoms with Crippen molar-refractivity contribution in [2.75, 3.05) is 0 Å². The lowest BCUT2D eigenvalue weighted by Crippen LogP contribution is -2.30. The molecule has 23 heavy (non-hydrogen) atoms. The highest BCUT2D eigenvalue weighted by atomic mass is 32.2. The van der Waals surface area contributed by atoms with Crippen LogP contribution >= 0.6 is 11.3 Å². The lowest BCUT2D eigenvalue weighted by molar-refractivity contribution is 0.1000. The molecule has 1 heterocycles. The maximum absolute atomic E-state index is 12.6. The Morgan fingerprint density at radius 1 is 1.43 bits per heavy atom. The summed E-state index contributed by atoms with van der Waals surface area (Å²) in [6.45, 7) is 1.94. The Morgan fingerprint density at radius 3 is 2.74 bits per heavy atom. The van der Waals surface area contributed by atoms with Crippen molar-refractivity contribution in [1.29, 1.82) is 0 Å². The van der Waals surface area contributed by atoms with Gasteiger partial charge in [-0.15, -0.1) is 11.3 Å². The minimum absolute atomic E-state index is 0.0349. The quantitative estimate of drug-likeness (QED) is 0.830. The van der Waals surface area contributed by atoms with Gasteiger partial charge in [-0.05, 0) is 43.9 Å². The molecule has 3 N–H and O–H groups in total. The molecule has 1 aliphatic rings. The fourth-order valence-corrected chi connectivity index (χ4v) is 4.65. The average molecular weight is 351 g/mol. The van der Waals surface area contributed by atoms with E-state index in [0.29, 0.717) is 0 Å². The van der Waals surface area contributed by atoms with E-state index in [2.05, 4.69) is 9.71 Å². The molecule has 1 aliphatic carbocycles. The molecule has 8 heteroatoms. The second-order valence-electron chi connectivity index (χ2n) is 5.64. The van der Waals surface area contributed by atoms with Crippen molar-refractivity contribution in [3.8, 4) is 0 Å². The number of rotatable bonds is 6. The highest BCUT2D eigenvalue weighted by molar-refractivity contribution is 7.89. The second-order valence-corrected chi connectivity index (χ2v) is 8.62. The standard InChI is InChI=1S/C15H17N3O3S2/c1-9-8-17-15(22-9)13(10-5-6-10)18-23(20,21)12-4-2-3-11(7-12)14(16)19/h2-4,7-8,10,13,18H,5-6H2,1H3,(H2,16,19)/t13-/m1/s1. The van der Waals surface area contributed by atoms with Crippen LogP contribution in [-0.2, 0) is 10.0 Å². The highest BCUT2D eigenvalue weighted by Gasteiger charge is 2.37. The highest BCUT2D eigenvalue weighted by Crippen LogP contribution is 2.42. The molecule has 0 saturated heterocycles. The number of carbonyl (C=O) groups excluding carboxylic acids is 1. The van der Waals surface area contributed by atoms with Gasteiger partial charge in [0.25, 0.3) is 0 Å². The third-order valence-electron chi connectivity index (χ3n) is 3.71. The molecule has 0 unspecified atom stereocenters. The van der Waals surface area contributed by atoms with Crippen molar-refractivity contribution in [3.05, 3.63) is 45.9 Å². The first-order valence-corrected chi connectivity index (χ1v) is 9.51. The fourth-order valence-electron chi connectivity index (χ4n) is 2.35. The molecule has 0 spiro atoms. The summed E-state index contributed by atoms with van der Waals surface area (Å²) in [5.74, 6) is -0.383. The van der Waals surface area contributed by atoms with Gasteiger partial charge in [0, 0.05) is 16.6 Å². The molecule has 0 radical (unpaired) electrons. The van der Waals surface area contributed by atoms with Gasteiger partial charge >= 0.3 is 0 Å². The number of aryl methyl sites for hydroxylation is 1. The van der Waals surface area contributed by atoms with Gasteiger partial charge in [-0.3, -0.25) is 4.79 Å². The summed E-state index contributed by atoms with van der Waals surface area (Å²) in [5.41, 5.74) is 5.38. The number of nitrogens with one attached hydrogen (secondary N) is 1. The number of amides is 1. The zero-order chi connectivity index (χ0) is 16.6. The van der Waals surface area contributed by atoms with Gasteiger partial charge in [0.1, 0.15) is 5.01 Å². The van der Waals surface area contributed by atoms with Gasteiger partial charge < -0.3 is 5.73 Å². The number of sulfonamides is 1. The third-order valence-corrected chi connectivity index (χ3v) is 6.14. The van der Waals surface area contributed by atoms with Crippen LogP contribution in [0.25, 0.3) is 0 Å². The molecule has 3 rings (SSSR count). The van der Waals surface area contributed by atoms with Crippen molar-refractivity contribution in [3.63, 3.8) is 0 Å². The Labute approximate surface area is 138 Å². The van der Waals surface area contributed by atoms with E-state index in [0.717, 1.165) is 22.7 Å². The van der Waals surface area contributed by atoms with Crippen LogP contribution in [-0.4, -0.2) is 19.3 Å². The summed E-state index contributed by atoms with van der Waals surface area (Å²) in [7, 11) is -3.75. The molecule has 6 nitrogen and oxygen atoms in total. The van der Waals surface area contributed by atoms with E-state index in [1.807, 2.05) is 6.92 Å². The van der Waals surface area contributed by atoms with E-state index >= 15 is 0 Å². The lowest BCUT2D eigenvalue weighted by Gasteiger charge is -2.16. The van der Waals surface area contributed by atoms with Crippen LogP contribution in [0.3, 0.4) is 0 Å². The molecule has 1 saturated carbocycles. The van der Waals surface area contributed by atoms with Crippen molar-refractivity contribution in [2.24, 2.45) is 11.7 Å². The maximum atomic E-state index is 12.6. The Bertz CT molecular complexity index is 841. The molecule has 0 bridgehead atoms. The number of aromatic nitrogens is 1. The molecular weight excluding hydrogens is 334 g/mol. The smallest absolute Gasteiger partial charge is 0.248 e. The Kier molecular flexibility index (Phi) is 4.22.